The van der Waals surface area contributed by atoms with Crippen molar-refractivity contribution in [3.05, 3.63) is 29.5 Å². The van der Waals surface area contributed by atoms with E-state index in [-0.39, 0.29) is 5.56 Å². The number of hydrogen-bond donors (Lipinski definition) is 1. The number of fused-ring (bicyclic) bond motifs is 3. The molecular formula is C25H38N2O3Sn. The number of benzene rings is 1. The third-order valence-electron chi connectivity index (χ3n) is 6.79. The Morgan fingerprint density at radius 1 is 1.10 bits per heavy atom. The van der Waals surface area contributed by atoms with Crippen LogP contribution in [0.15, 0.2) is 18.2 Å². The van der Waals surface area contributed by atoms with Gasteiger partial charge in [-0.1, -0.05) is 0 Å². The first-order valence-electron chi connectivity index (χ1n) is 12.1. The Morgan fingerprint density at radius 3 is 2.26 bits per heavy atom. The third-order valence-corrected chi connectivity index (χ3v) is 22.2. The molecule has 31 heavy (non-hydrogen) atoms. The molecule has 5 nitrogen and oxygen atoms in total. The van der Waals surface area contributed by atoms with Gasteiger partial charge in [0.05, 0.1) is 0 Å². The van der Waals surface area contributed by atoms with Gasteiger partial charge in [-0.15, -0.1) is 0 Å². The van der Waals surface area contributed by atoms with Crippen molar-refractivity contribution in [1.82, 2.24) is 9.55 Å². The molecule has 2 heterocycles. The van der Waals surface area contributed by atoms with Crippen LogP contribution in [0.3, 0.4) is 0 Å². The quantitative estimate of drug-likeness (QED) is 0.360. The summed E-state index contributed by atoms with van der Waals surface area (Å²) in [6, 6.07) is 5.21. The maximum atomic E-state index is 11.4. The Kier molecular flexibility index (Phi) is 8.48. The number of imidazole rings is 1. The molecule has 1 aliphatic rings. The van der Waals surface area contributed by atoms with Crippen LogP contribution in [0.2, 0.25) is 13.3 Å². The Labute approximate surface area is 191 Å². The van der Waals surface area contributed by atoms with Gasteiger partial charge in [-0.25, -0.2) is 0 Å². The van der Waals surface area contributed by atoms with Gasteiger partial charge >= 0.3 is 192 Å². The van der Waals surface area contributed by atoms with Crippen LogP contribution in [0, 0.1) is 6.92 Å². The van der Waals surface area contributed by atoms with Gasteiger partial charge in [0.25, 0.3) is 0 Å². The number of ether oxygens (including phenoxy) is 1. The van der Waals surface area contributed by atoms with Crippen molar-refractivity contribution in [2.75, 3.05) is 6.61 Å². The Morgan fingerprint density at radius 2 is 1.71 bits per heavy atom. The van der Waals surface area contributed by atoms with E-state index in [0.717, 1.165) is 17.9 Å². The number of aromatic nitrogens is 2. The number of unbranched alkanes of at least 4 members (excludes halogenated alkanes) is 3. The monoisotopic (exact) mass is 534 g/mol. The summed E-state index contributed by atoms with van der Waals surface area (Å²) in [6.07, 6.45) is 7.68. The van der Waals surface area contributed by atoms with Crippen LogP contribution in [-0.2, 0) is 6.54 Å². The van der Waals surface area contributed by atoms with E-state index in [1.807, 2.05) is 6.07 Å². The van der Waals surface area contributed by atoms with Crippen molar-refractivity contribution in [3.8, 4) is 17.1 Å². The van der Waals surface area contributed by atoms with E-state index in [4.69, 9.17) is 9.72 Å². The molecule has 0 unspecified atom stereocenters. The summed E-state index contributed by atoms with van der Waals surface area (Å²) in [5, 5.41) is 9.39. The molecule has 0 bridgehead atoms. The normalized spacial score (nSPS) is 13.3. The van der Waals surface area contributed by atoms with E-state index in [0.29, 0.717) is 12.4 Å². The van der Waals surface area contributed by atoms with Crippen molar-refractivity contribution in [3.63, 3.8) is 0 Å². The van der Waals surface area contributed by atoms with Crippen LogP contribution < -0.4 is 8.45 Å². The fourth-order valence-corrected chi connectivity index (χ4v) is 21.5. The summed E-state index contributed by atoms with van der Waals surface area (Å²) in [6.45, 7) is 10.5. The molecule has 1 aliphatic heterocycles. The fraction of sp³-hybridized carbons (Fsp3) is 0.600. The molecule has 1 N–H and O–H groups in total. The molecular weight excluding hydrogens is 495 g/mol. The Bertz CT molecular complexity index is 885. The van der Waals surface area contributed by atoms with Crippen LogP contribution >= 0.6 is 0 Å². The van der Waals surface area contributed by atoms with Gasteiger partial charge < -0.3 is 0 Å². The van der Waals surface area contributed by atoms with Crippen LogP contribution in [0.5, 0.6) is 5.75 Å². The molecule has 170 valence electrons. The Balaban J connectivity index is 2.13. The zero-order chi connectivity index (χ0) is 22.4. The van der Waals surface area contributed by atoms with Gasteiger partial charge in [0.2, 0.25) is 0 Å². The minimum absolute atomic E-state index is 0.262. The van der Waals surface area contributed by atoms with Crippen LogP contribution in [0.4, 0.5) is 0 Å². The van der Waals surface area contributed by atoms with Gasteiger partial charge in [0, 0.05) is 0 Å². The summed E-state index contributed by atoms with van der Waals surface area (Å²) in [7, 11) is 0. The van der Waals surface area contributed by atoms with Gasteiger partial charge in [-0.05, 0) is 0 Å². The first-order chi connectivity index (χ1) is 15.0. The SMILES string of the molecule is CCC[CH2][Sn]([CH2]CCC)([CH2]CCC)[c]1nc2n(c1C)CCOc1cc(C(=O)O)ccc1-2. The fourth-order valence-electron chi connectivity index (χ4n) is 5.00. The average molecular weight is 533 g/mol. The van der Waals surface area contributed by atoms with E-state index >= 15 is 0 Å². The zero-order valence-corrected chi connectivity index (χ0v) is 22.5. The van der Waals surface area contributed by atoms with Gasteiger partial charge in [-0.2, -0.15) is 0 Å². The molecule has 0 amide bonds. The topological polar surface area (TPSA) is 64.4 Å². The molecule has 0 radical (unpaired) electrons. The first kappa shape index (κ1) is 24.1. The van der Waals surface area contributed by atoms with E-state index in [1.54, 1.807) is 12.1 Å². The maximum absolute atomic E-state index is 11.4. The van der Waals surface area contributed by atoms with E-state index in [1.165, 1.54) is 61.2 Å². The molecule has 0 fully saturated rings. The second kappa shape index (κ2) is 10.9. The van der Waals surface area contributed by atoms with Gasteiger partial charge in [0.1, 0.15) is 0 Å². The van der Waals surface area contributed by atoms with E-state index < -0.39 is 24.3 Å². The van der Waals surface area contributed by atoms with Crippen molar-refractivity contribution >= 4 is 28.1 Å². The third kappa shape index (κ3) is 5.12. The molecule has 0 aliphatic carbocycles. The number of aromatic carboxylic acids is 1. The molecule has 6 heteroatoms. The number of carboxylic acids is 1. The van der Waals surface area contributed by atoms with Crippen molar-refractivity contribution in [2.24, 2.45) is 0 Å². The van der Waals surface area contributed by atoms with Crippen molar-refractivity contribution in [2.45, 2.75) is 86.1 Å². The Hall–Kier alpha value is -1.50. The summed E-state index contributed by atoms with van der Waals surface area (Å²) in [4.78, 5) is 16.8. The summed E-state index contributed by atoms with van der Waals surface area (Å²) in [5.41, 5.74) is 2.53. The van der Waals surface area contributed by atoms with E-state index in [2.05, 4.69) is 32.3 Å². The number of rotatable bonds is 11. The number of hydrogen-bond acceptors (Lipinski definition) is 3. The molecule has 0 saturated heterocycles. The summed E-state index contributed by atoms with van der Waals surface area (Å²) in [5.74, 6) is 0.693. The molecule has 1 aromatic heterocycles. The molecule has 0 saturated carbocycles. The summed E-state index contributed by atoms with van der Waals surface area (Å²) < 4.78 is 13.9. The van der Waals surface area contributed by atoms with E-state index in [9.17, 15) is 9.90 Å². The zero-order valence-electron chi connectivity index (χ0n) is 19.7. The standard InChI is InChI=1S/C13H11N2O3.3C4H9.Sn/c1-8-7-14-12-10-3-2-9(13(16)17)6-11(10)18-5-4-15(8)12;3*1-3-4-2;/h2-3,6H,4-5H2,1H3,(H,16,17);3*1,3-4H2,2H3;. The van der Waals surface area contributed by atoms with Crippen molar-refractivity contribution in [1.29, 1.82) is 0 Å². The molecule has 2 aromatic rings. The minimum atomic E-state index is -2.67. The molecule has 0 atom stereocenters. The van der Waals surface area contributed by atoms with Gasteiger partial charge in [0.15, 0.2) is 0 Å². The number of nitrogens with zero attached hydrogens (tertiary/aromatic N) is 2. The average Bonchev–Trinajstić information content (AvgIpc) is 2.99. The second-order valence-corrected chi connectivity index (χ2v) is 21.9. The molecule has 3 rings (SSSR count). The summed E-state index contributed by atoms with van der Waals surface area (Å²) >= 11 is -2.67. The molecule has 1 aromatic carbocycles. The number of carbonyl (C=O) groups is 1. The first-order valence-corrected chi connectivity index (χ1v) is 19.5. The van der Waals surface area contributed by atoms with Crippen LogP contribution in [0.25, 0.3) is 11.4 Å². The second-order valence-electron chi connectivity index (χ2n) is 8.98. The predicted molar refractivity (Wildman–Crippen MR) is 129 cm³/mol. The van der Waals surface area contributed by atoms with Crippen LogP contribution in [-0.4, -0.2) is 45.6 Å². The van der Waals surface area contributed by atoms with Crippen molar-refractivity contribution < 1.29 is 14.6 Å². The molecule has 0 spiro atoms. The van der Waals surface area contributed by atoms with Crippen LogP contribution in [0.1, 0.15) is 75.3 Å². The van der Waals surface area contributed by atoms with Gasteiger partial charge in [-0.3, -0.25) is 0 Å². The number of carboxylic acid groups (broad SMARTS) is 1. The predicted octanol–water partition coefficient (Wildman–Crippen LogP) is 6.01.